The molecule has 1 fully saturated rings. The number of carbonyl (C=O) groups is 2. The molecule has 0 bridgehead atoms. The molecule has 0 aromatic heterocycles. The smallest absolute Gasteiger partial charge is 0.322 e. The third-order valence-electron chi connectivity index (χ3n) is 4.93. The van der Waals surface area contributed by atoms with E-state index in [9.17, 15) is 9.59 Å². The Morgan fingerprint density at radius 2 is 1.57 bits per heavy atom. The number of amides is 3. The van der Waals surface area contributed by atoms with Crippen molar-refractivity contribution in [2.75, 3.05) is 36.1 Å². The molecule has 3 rings (SSSR count). The summed E-state index contributed by atoms with van der Waals surface area (Å²) >= 11 is 0. The van der Waals surface area contributed by atoms with Crippen molar-refractivity contribution in [1.82, 2.24) is 5.32 Å². The lowest BCUT2D eigenvalue weighted by atomic mass is 10.2. The van der Waals surface area contributed by atoms with E-state index in [2.05, 4.69) is 5.32 Å². The SMILES string of the molecule is CCOc1ccc(N2CC(NC(=O)N(CC)c3ccc(OCC)cc3)CC2=O)cc1. The van der Waals surface area contributed by atoms with Gasteiger partial charge in [0.15, 0.2) is 0 Å². The van der Waals surface area contributed by atoms with Crippen molar-refractivity contribution in [2.24, 2.45) is 0 Å². The maximum absolute atomic E-state index is 12.8. The van der Waals surface area contributed by atoms with Crippen LogP contribution in [0.3, 0.4) is 0 Å². The molecule has 30 heavy (non-hydrogen) atoms. The molecule has 3 amide bonds. The molecular formula is C23H29N3O4. The lowest BCUT2D eigenvalue weighted by molar-refractivity contribution is -0.117. The number of urea groups is 1. The van der Waals surface area contributed by atoms with Crippen LogP contribution in [0.5, 0.6) is 11.5 Å². The molecule has 0 spiro atoms. The van der Waals surface area contributed by atoms with Gasteiger partial charge >= 0.3 is 6.03 Å². The summed E-state index contributed by atoms with van der Waals surface area (Å²) in [6.07, 6.45) is 0.278. The second-order valence-electron chi connectivity index (χ2n) is 6.95. The van der Waals surface area contributed by atoms with Gasteiger partial charge in [-0.15, -0.1) is 0 Å². The van der Waals surface area contributed by atoms with E-state index >= 15 is 0 Å². The van der Waals surface area contributed by atoms with E-state index in [4.69, 9.17) is 9.47 Å². The molecule has 0 saturated carbocycles. The maximum Gasteiger partial charge on any atom is 0.322 e. The molecule has 0 radical (unpaired) electrons. The van der Waals surface area contributed by atoms with Crippen LogP contribution in [-0.4, -0.2) is 44.3 Å². The van der Waals surface area contributed by atoms with Crippen molar-refractivity contribution in [3.8, 4) is 11.5 Å². The van der Waals surface area contributed by atoms with Crippen LogP contribution in [0.1, 0.15) is 27.2 Å². The fourth-order valence-electron chi connectivity index (χ4n) is 3.53. The molecule has 1 atom stereocenters. The third-order valence-corrected chi connectivity index (χ3v) is 4.93. The molecular weight excluding hydrogens is 382 g/mol. The highest BCUT2D eigenvalue weighted by Gasteiger charge is 2.32. The Morgan fingerprint density at radius 3 is 2.10 bits per heavy atom. The molecule has 1 heterocycles. The second-order valence-corrected chi connectivity index (χ2v) is 6.95. The monoisotopic (exact) mass is 411 g/mol. The molecule has 1 saturated heterocycles. The number of hydrogen-bond acceptors (Lipinski definition) is 4. The van der Waals surface area contributed by atoms with Gasteiger partial charge in [-0.2, -0.15) is 0 Å². The van der Waals surface area contributed by atoms with Crippen LogP contribution in [0.2, 0.25) is 0 Å². The Kier molecular flexibility index (Phi) is 7.17. The van der Waals surface area contributed by atoms with E-state index in [0.29, 0.717) is 26.3 Å². The largest absolute Gasteiger partial charge is 0.494 e. The highest BCUT2D eigenvalue weighted by Crippen LogP contribution is 2.25. The van der Waals surface area contributed by atoms with Crippen molar-refractivity contribution in [2.45, 2.75) is 33.2 Å². The standard InChI is InChI=1S/C23H29N3O4/c1-4-25(18-7-11-20(12-8-18)29-5-2)23(28)24-17-15-22(27)26(16-17)19-9-13-21(14-10-19)30-6-3/h7-14,17H,4-6,15-16H2,1-3H3,(H,24,28). The maximum atomic E-state index is 12.8. The predicted octanol–water partition coefficient (Wildman–Crippen LogP) is 3.83. The van der Waals surface area contributed by atoms with Crippen LogP contribution in [-0.2, 0) is 4.79 Å². The first-order chi connectivity index (χ1) is 14.5. The molecule has 1 aliphatic rings. The number of nitrogens with one attached hydrogen (secondary N) is 1. The number of anilines is 2. The third kappa shape index (κ3) is 5.03. The second kappa shape index (κ2) is 10.0. The Balaban J connectivity index is 1.62. The van der Waals surface area contributed by atoms with Crippen LogP contribution < -0.4 is 24.6 Å². The molecule has 1 aliphatic heterocycles. The van der Waals surface area contributed by atoms with Crippen molar-refractivity contribution < 1.29 is 19.1 Å². The summed E-state index contributed by atoms with van der Waals surface area (Å²) in [6.45, 7) is 7.93. The predicted molar refractivity (Wildman–Crippen MR) is 118 cm³/mol. The lowest BCUT2D eigenvalue weighted by Gasteiger charge is -2.24. The summed E-state index contributed by atoms with van der Waals surface area (Å²) in [7, 11) is 0. The molecule has 0 aliphatic carbocycles. The number of hydrogen-bond donors (Lipinski definition) is 1. The van der Waals surface area contributed by atoms with E-state index in [0.717, 1.165) is 22.9 Å². The van der Waals surface area contributed by atoms with Crippen molar-refractivity contribution in [3.05, 3.63) is 48.5 Å². The van der Waals surface area contributed by atoms with Gasteiger partial charge in [-0.1, -0.05) is 0 Å². The zero-order valence-electron chi connectivity index (χ0n) is 17.8. The van der Waals surface area contributed by atoms with E-state index < -0.39 is 0 Å². The summed E-state index contributed by atoms with van der Waals surface area (Å²) in [5, 5.41) is 3.00. The van der Waals surface area contributed by atoms with Gasteiger partial charge in [0.05, 0.1) is 19.3 Å². The topological polar surface area (TPSA) is 71.1 Å². The first kappa shape index (κ1) is 21.5. The molecule has 1 N–H and O–H groups in total. The molecule has 7 nitrogen and oxygen atoms in total. The van der Waals surface area contributed by atoms with Gasteiger partial charge < -0.3 is 19.7 Å². The average Bonchev–Trinajstić information content (AvgIpc) is 3.11. The number of benzene rings is 2. The number of ether oxygens (including phenoxy) is 2. The van der Waals surface area contributed by atoms with Gasteiger partial charge in [-0.3, -0.25) is 9.69 Å². The van der Waals surface area contributed by atoms with Gasteiger partial charge in [0, 0.05) is 30.9 Å². The molecule has 2 aromatic rings. The molecule has 160 valence electrons. The van der Waals surface area contributed by atoms with E-state index in [-0.39, 0.29) is 24.4 Å². The summed E-state index contributed by atoms with van der Waals surface area (Å²) in [4.78, 5) is 28.7. The first-order valence-electron chi connectivity index (χ1n) is 10.4. The van der Waals surface area contributed by atoms with Crippen molar-refractivity contribution in [1.29, 1.82) is 0 Å². The zero-order valence-corrected chi connectivity index (χ0v) is 17.8. The van der Waals surface area contributed by atoms with Gasteiger partial charge in [0.2, 0.25) is 5.91 Å². The number of rotatable bonds is 8. The summed E-state index contributed by atoms with van der Waals surface area (Å²) in [5.41, 5.74) is 1.59. The molecule has 7 heteroatoms. The van der Waals surface area contributed by atoms with E-state index in [1.165, 1.54) is 0 Å². The van der Waals surface area contributed by atoms with Crippen LogP contribution in [0.25, 0.3) is 0 Å². The first-order valence-corrected chi connectivity index (χ1v) is 10.4. The number of nitrogens with zero attached hydrogens (tertiary/aromatic N) is 2. The zero-order chi connectivity index (χ0) is 21.5. The van der Waals surface area contributed by atoms with Gasteiger partial charge in [0.25, 0.3) is 0 Å². The fraction of sp³-hybridized carbons (Fsp3) is 0.391. The van der Waals surface area contributed by atoms with E-state index in [1.807, 2.05) is 69.3 Å². The summed E-state index contributed by atoms with van der Waals surface area (Å²) in [5.74, 6) is 1.53. The lowest BCUT2D eigenvalue weighted by Crippen LogP contribution is -2.46. The fourth-order valence-corrected chi connectivity index (χ4v) is 3.53. The Hall–Kier alpha value is -3.22. The summed E-state index contributed by atoms with van der Waals surface area (Å²) < 4.78 is 10.9. The quantitative estimate of drug-likeness (QED) is 0.717. The minimum atomic E-state index is -0.242. The minimum Gasteiger partial charge on any atom is -0.494 e. The normalized spacial score (nSPS) is 15.8. The summed E-state index contributed by atoms with van der Waals surface area (Å²) in [6, 6.07) is 14.4. The van der Waals surface area contributed by atoms with Crippen LogP contribution in [0.15, 0.2) is 48.5 Å². The Labute approximate surface area is 177 Å². The molecule has 2 aromatic carbocycles. The van der Waals surface area contributed by atoms with Gasteiger partial charge in [-0.05, 0) is 69.3 Å². The highest BCUT2D eigenvalue weighted by molar-refractivity contribution is 5.98. The van der Waals surface area contributed by atoms with Crippen molar-refractivity contribution >= 4 is 23.3 Å². The molecule has 1 unspecified atom stereocenters. The van der Waals surface area contributed by atoms with Gasteiger partial charge in [-0.25, -0.2) is 4.79 Å². The van der Waals surface area contributed by atoms with Gasteiger partial charge in [0.1, 0.15) is 11.5 Å². The van der Waals surface area contributed by atoms with E-state index in [1.54, 1.807) is 9.80 Å². The minimum absolute atomic E-state index is 0.00595. The Morgan fingerprint density at radius 1 is 1.00 bits per heavy atom. The van der Waals surface area contributed by atoms with Crippen LogP contribution >= 0.6 is 0 Å². The Bertz CT molecular complexity index is 852. The van der Waals surface area contributed by atoms with Crippen LogP contribution in [0.4, 0.5) is 16.2 Å². The van der Waals surface area contributed by atoms with Crippen LogP contribution in [0, 0.1) is 0 Å². The van der Waals surface area contributed by atoms with Crippen molar-refractivity contribution in [3.63, 3.8) is 0 Å². The highest BCUT2D eigenvalue weighted by atomic mass is 16.5. The average molecular weight is 412 g/mol. The number of carbonyl (C=O) groups excluding carboxylic acids is 2.